The minimum atomic E-state index is 0.617. The first kappa shape index (κ1) is 15.0. The first-order chi connectivity index (χ1) is 12.3. The molecule has 4 aromatic rings. The van der Waals surface area contributed by atoms with Gasteiger partial charge in [0.2, 0.25) is 0 Å². The zero-order chi connectivity index (χ0) is 17.1. The summed E-state index contributed by atoms with van der Waals surface area (Å²) in [6, 6.07) is 25.1. The van der Waals surface area contributed by atoms with Crippen LogP contribution in [0, 0.1) is 0 Å². The van der Waals surface area contributed by atoms with E-state index in [9.17, 15) is 4.79 Å². The molecule has 4 heteroatoms. The van der Waals surface area contributed by atoms with Crippen LogP contribution in [0.3, 0.4) is 0 Å². The smallest absolute Gasteiger partial charge is 0.162 e. The molecule has 0 atom stereocenters. The van der Waals surface area contributed by atoms with Gasteiger partial charge >= 0.3 is 0 Å². The molecule has 1 heterocycles. The molecule has 1 N–H and O–H groups in total. The van der Waals surface area contributed by atoms with Gasteiger partial charge in [0, 0.05) is 22.2 Å². The molecule has 0 saturated heterocycles. The monoisotopic (exact) mass is 325 g/mol. The third-order valence-electron chi connectivity index (χ3n) is 3.92. The topological polar surface area (TPSA) is 54.9 Å². The second-order valence-corrected chi connectivity index (χ2v) is 5.65. The number of hydrogen-bond donors (Lipinski definition) is 1. The Kier molecular flexibility index (Phi) is 3.92. The van der Waals surface area contributed by atoms with Crippen LogP contribution < -0.4 is 5.32 Å². The number of anilines is 2. The maximum atomic E-state index is 11.0. The molecule has 120 valence electrons. The predicted molar refractivity (Wildman–Crippen MR) is 100 cm³/mol. The maximum Gasteiger partial charge on any atom is 0.162 e. The van der Waals surface area contributed by atoms with Crippen molar-refractivity contribution in [3.8, 4) is 11.4 Å². The van der Waals surface area contributed by atoms with Gasteiger partial charge in [-0.05, 0) is 24.3 Å². The van der Waals surface area contributed by atoms with Gasteiger partial charge in [-0.1, -0.05) is 54.6 Å². The third kappa shape index (κ3) is 3.10. The number of nitrogens with zero attached hydrogens (tertiary/aromatic N) is 2. The second kappa shape index (κ2) is 6.53. The number of rotatable bonds is 4. The van der Waals surface area contributed by atoms with E-state index >= 15 is 0 Å². The number of hydrogen-bond acceptors (Lipinski definition) is 4. The minimum absolute atomic E-state index is 0.617. The third-order valence-corrected chi connectivity index (χ3v) is 3.92. The van der Waals surface area contributed by atoms with Crippen LogP contribution in [-0.2, 0) is 0 Å². The Balaban J connectivity index is 1.85. The molecular weight excluding hydrogens is 310 g/mol. The average molecular weight is 325 g/mol. The van der Waals surface area contributed by atoms with Crippen LogP contribution in [0.2, 0.25) is 0 Å². The maximum absolute atomic E-state index is 11.0. The van der Waals surface area contributed by atoms with E-state index in [4.69, 9.17) is 4.98 Å². The quantitative estimate of drug-likeness (QED) is 0.545. The molecule has 4 nitrogen and oxygen atoms in total. The highest BCUT2D eigenvalue weighted by molar-refractivity contribution is 5.92. The number of benzene rings is 3. The molecule has 4 rings (SSSR count). The summed E-state index contributed by atoms with van der Waals surface area (Å²) in [5, 5.41) is 4.25. The van der Waals surface area contributed by atoms with Gasteiger partial charge in [0.15, 0.2) is 5.82 Å². The zero-order valence-electron chi connectivity index (χ0n) is 13.4. The molecule has 0 saturated carbocycles. The van der Waals surface area contributed by atoms with Gasteiger partial charge in [-0.2, -0.15) is 0 Å². The highest BCUT2D eigenvalue weighted by Crippen LogP contribution is 2.27. The van der Waals surface area contributed by atoms with Crippen molar-refractivity contribution in [1.29, 1.82) is 0 Å². The van der Waals surface area contributed by atoms with Gasteiger partial charge in [0.1, 0.15) is 12.1 Å². The molecule has 0 radical (unpaired) electrons. The molecule has 0 aliphatic carbocycles. The fraction of sp³-hybridized carbons (Fsp3) is 0. The van der Waals surface area contributed by atoms with Crippen molar-refractivity contribution in [1.82, 2.24) is 9.97 Å². The summed E-state index contributed by atoms with van der Waals surface area (Å²) >= 11 is 0. The Morgan fingerprint density at radius 2 is 1.60 bits per heavy atom. The van der Waals surface area contributed by atoms with Gasteiger partial charge in [0.25, 0.3) is 0 Å². The van der Waals surface area contributed by atoms with E-state index in [1.165, 1.54) is 0 Å². The molecule has 0 fully saturated rings. The van der Waals surface area contributed by atoms with E-state index in [2.05, 4.69) is 10.3 Å². The molecule has 0 spiro atoms. The molecule has 0 bridgehead atoms. The highest BCUT2D eigenvalue weighted by atomic mass is 16.1. The van der Waals surface area contributed by atoms with E-state index in [0.717, 1.165) is 28.4 Å². The highest BCUT2D eigenvalue weighted by Gasteiger charge is 2.09. The summed E-state index contributed by atoms with van der Waals surface area (Å²) in [5.74, 6) is 1.38. The lowest BCUT2D eigenvalue weighted by atomic mass is 10.1. The van der Waals surface area contributed by atoms with Crippen LogP contribution in [0.5, 0.6) is 0 Å². The number of nitrogens with one attached hydrogen (secondary N) is 1. The molecule has 0 unspecified atom stereocenters. The van der Waals surface area contributed by atoms with Gasteiger partial charge in [-0.25, -0.2) is 9.97 Å². The van der Waals surface area contributed by atoms with Crippen LogP contribution in [0.15, 0.2) is 78.9 Å². The molecule has 0 aliphatic rings. The van der Waals surface area contributed by atoms with Crippen molar-refractivity contribution < 1.29 is 4.79 Å². The number of aldehydes is 1. The number of fused-ring (bicyclic) bond motifs is 1. The standard InChI is InChI=1S/C21H15N3O/c25-14-15-7-6-10-17(13-15)22-21-18-11-4-5-12-19(18)23-20(24-21)16-8-2-1-3-9-16/h1-14H,(H,22,23,24). The molecular formula is C21H15N3O. The van der Waals surface area contributed by atoms with Crippen LogP contribution in [-0.4, -0.2) is 16.3 Å². The average Bonchev–Trinajstić information content (AvgIpc) is 2.69. The van der Waals surface area contributed by atoms with E-state index in [1.807, 2.05) is 66.7 Å². The Morgan fingerprint density at radius 1 is 0.800 bits per heavy atom. The number of carbonyl (C=O) groups excluding carboxylic acids is 1. The van der Waals surface area contributed by atoms with Gasteiger partial charge < -0.3 is 5.32 Å². The summed E-state index contributed by atoms with van der Waals surface area (Å²) in [6.45, 7) is 0. The Bertz CT molecular complexity index is 1050. The second-order valence-electron chi connectivity index (χ2n) is 5.65. The van der Waals surface area contributed by atoms with Crippen LogP contribution in [0.4, 0.5) is 11.5 Å². The van der Waals surface area contributed by atoms with Crippen molar-refractivity contribution in [2.24, 2.45) is 0 Å². The summed E-state index contributed by atoms with van der Waals surface area (Å²) in [4.78, 5) is 20.4. The van der Waals surface area contributed by atoms with E-state index in [0.29, 0.717) is 17.2 Å². The van der Waals surface area contributed by atoms with Crippen molar-refractivity contribution in [3.63, 3.8) is 0 Å². The summed E-state index contributed by atoms with van der Waals surface area (Å²) < 4.78 is 0. The summed E-state index contributed by atoms with van der Waals surface area (Å²) in [7, 11) is 0. The Morgan fingerprint density at radius 3 is 2.44 bits per heavy atom. The van der Waals surface area contributed by atoms with E-state index in [1.54, 1.807) is 12.1 Å². The molecule has 0 aliphatic heterocycles. The molecule has 25 heavy (non-hydrogen) atoms. The van der Waals surface area contributed by atoms with Crippen molar-refractivity contribution in [2.45, 2.75) is 0 Å². The minimum Gasteiger partial charge on any atom is -0.340 e. The number of carbonyl (C=O) groups is 1. The summed E-state index contributed by atoms with van der Waals surface area (Å²) in [5.41, 5.74) is 3.25. The van der Waals surface area contributed by atoms with Gasteiger partial charge in [-0.15, -0.1) is 0 Å². The summed E-state index contributed by atoms with van der Waals surface area (Å²) in [6.07, 6.45) is 0.832. The molecule has 1 aromatic heterocycles. The lowest BCUT2D eigenvalue weighted by Crippen LogP contribution is -1.99. The van der Waals surface area contributed by atoms with E-state index < -0.39 is 0 Å². The van der Waals surface area contributed by atoms with Crippen LogP contribution >= 0.6 is 0 Å². The van der Waals surface area contributed by atoms with Crippen LogP contribution in [0.25, 0.3) is 22.3 Å². The lowest BCUT2D eigenvalue weighted by molar-refractivity contribution is 0.112. The normalized spacial score (nSPS) is 10.6. The Labute approximate surface area is 145 Å². The SMILES string of the molecule is O=Cc1cccc(Nc2nc(-c3ccccc3)nc3ccccc23)c1. The molecule has 0 amide bonds. The Hall–Kier alpha value is -3.53. The first-order valence-electron chi connectivity index (χ1n) is 7.98. The van der Waals surface area contributed by atoms with Gasteiger partial charge in [-0.3, -0.25) is 4.79 Å². The zero-order valence-corrected chi connectivity index (χ0v) is 13.4. The van der Waals surface area contributed by atoms with Crippen molar-refractivity contribution >= 4 is 28.7 Å². The van der Waals surface area contributed by atoms with Crippen molar-refractivity contribution in [2.75, 3.05) is 5.32 Å². The first-order valence-corrected chi connectivity index (χ1v) is 7.98. The van der Waals surface area contributed by atoms with Gasteiger partial charge in [0.05, 0.1) is 5.52 Å². The number of para-hydroxylation sites is 1. The fourth-order valence-electron chi connectivity index (χ4n) is 2.71. The molecule has 3 aromatic carbocycles. The van der Waals surface area contributed by atoms with E-state index in [-0.39, 0.29) is 0 Å². The van der Waals surface area contributed by atoms with Crippen LogP contribution in [0.1, 0.15) is 10.4 Å². The largest absolute Gasteiger partial charge is 0.340 e. The number of aromatic nitrogens is 2. The fourth-order valence-corrected chi connectivity index (χ4v) is 2.71. The lowest BCUT2D eigenvalue weighted by Gasteiger charge is -2.11. The predicted octanol–water partition coefficient (Wildman–Crippen LogP) is 4.85. The van der Waals surface area contributed by atoms with Crippen molar-refractivity contribution in [3.05, 3.63) is 84.4 Å².